The summed E-state index contributed by atoms with van der Waals surface area (Å²) in [5, 5.41) is 0. The van der Waals surface area contributed by atoms with E-state index in [0.29, 0.717) is 6.79 Å². The topological polar surface area (TPSA) is 18.5 Å². The van der Waals surface area contributed by atoms with Gasteiger partial charge in [0.15, 0.2) is 0 Å². The summed E-state index contributed by atoms with van der Waals surface area (Å²) in [6.07, 6.45) is 11.8. The van der Waals surface area contributed by atoms with E-state index < -0.39 is 0 Å². The predicted octanol–water partition coefficient (Wildman–Crippen LogP) is 5.33. The second-order valence-electron chi connectivity index (χ2n) is 5.46. The van der Waals surface area contributed by atoms with Gasteiger partial charge in [-0.2, -0.15) is 0 Å². The van der Waals surface area contributed by atoms with Gasteiger partial charge in [0, 0.05) is 13.2 Å². The third-order valence-electron chi connectivity index (χ3n) is 3.31. The fourth-order valence-electron chi connectivity index (χ4n) is 1.95. The molecule has 112 valence electrons. The molecule has 0 aliphatic heterocycles. The van der Waals surface area contributed by atoms with Crippen LogP contribution >= 0.6 is 12.9 Å². The highest BCUT2D eigenvalue weighted by molar-refractivity contribution is 9.23. The first-order valence-electron chi connectivity index (χ1n) is 8.02. The Morgan fingerprint density at radius 1 is 0.895 bits per heavy atom. The summed E-state index contributed by atoms with van der Waals surface area (Å²) >= 11 is 3.63. The maximum atomic E-state index is 5.47. The van der Waals surface area contributed by atoms with Crippen molar-refractivity contribution in [2.45, 2.75) is 75.7 Å². The third-order valence-corrected chi connectivity index (χ3v) is 7.56. The Bertz CT molecular complexity index is 170. The van der Waals surface area contributed by atoms with Gasteiger partial charge in [-0.15, -0.1) is 4.05 Å². The molecule has 0 aliphatic carbocycles. The first-order chi connectivity index (χ1) is 9.31. The Balaban J connectivity index is 2.95. The van der Waals surface area contributed by atoms with Crippen molar-refractivity contribution in [3.8, 4) is 0 Å². The smallest absolute Gasteiger partial charge is 0.355 e. The van der Waals surface area contributed by atoms with E-state index in [1.807, 2.05) is 0 Å². The van der Waals surface area contributed by atoms with Crippen molar-refractivity contribution >= 4 is 31.1 Å². The first-order valence-corrected chi connectivity index (χ1v) is 12.7. The molecular weight excluding hydrogens is 316 g/mol. The molecule has 0 bridgehead atoms. The molecule has 0 aromatic carbocycles. The molecule has 0 fully saturated rings. The molecule has 0 saturated carbocycles. The van der Waals surface area contributed by atoms with E-state index in [0.717, 1.165) is 17.3 Å². The SMILES string of the molecule is CCCCCCCCCOCOCCC[CH](C)[Mg][Br]. The van der Waals surface area contributed by atoms with Gasteiger partial charge in [-0.25, -0.2) is 0 Å². The molecule has 0 aromatic rings. The lowest BCUT2D eigenvalue weighted by Crippen LogP contribution is -2.04. The third kappa shape index (κ3) is 17.1. The first kappa shape index (κ1) is 20.2. The summed E-state index contributed by atoms with van der Waals surface area (Å²) in [5.41, 5.74) is 0. The van der Waals surface area contributed by atoms with Crippen LogP contribution < -0.4 is 0 Å². The van der Waals surface area contributed by atoms with E-state index in [-0.39, 0.29) is 18.2 Å². The van der Waals surface area contributed by atoms with Gasteiger partial charge in [-0.05, 0) is 12.8 Å². The molecular formula is C15H31BrMgO2. The molecule has 1 unspecified atom stereocenters. The zero-order chi connectivity index (χ0) is 14.2. The molecule has 0 heterocycles. The van der Waals surface area contributed by atoms with Gasteiger partial charge < -0.3 is 22.4 Å². The lowest BCUT2D eigenvalue weighted by Gasteiger charge is -2.08. The summed E-state index contributed by atoms with van der Waals surface area (Å²) in [7, 11) is 0. The molecule has 0 N–H and O–H groups in total. The van der Waals surface area contributed by atoms with Crippen LogP contribution in [0.3, 0.4) is 0 Å². The number of halogens is 1. The highest BCUT2D eigenvalue weighted by Crippen LogP contribution is 2.12. The molecule has 0 aliphatic rings. The van der Waals surface area contributed by atoms with E-state index in [2.05, 4.69) is 26.7 Å². The maximum Gasteiger partial charge on any atom is 0.471 e. The zero-order valence-electron chi connectivity index (χ0n) is 13.0. The van der Waals surface area contributed by atoms with Crippen molar-refractivity contribution in [3.05, 3.63) is 0 Å². The van der Waals surface area contributed by atoms with Crippen LogP contribution in [0.25, 0.3) is 0 Å². The monoisotopic (exact) mass is 346 g/mol. The van der Waals surface area contributed by atoms with E-state index in [1.54, 1.807) is 0 Å². The fourth-order valence-corrected chi connectivity index (χ4v) is 3.36. The second-order valence-corrected chi connectivity index (χ2v) is 9.10. The number of unbranched alkanes of at least 4 members (excludes halogenated alkanes) is 6. The molecule has 4 heteroatoms. The largest absolute Gasteiger partial charge is 0.471 e. The van der Waals surface area contributed by atoms with E-state index in [1.165, 1.54) is 57.8 Å². The molecule has 0 radical (unpaired) electrons. The quantitative estimate of drug-likeness (QED) is 0.226. The average Bonchev–Trinajstić information content (AvgIpc) is 2.43. The van der Waals surface area contributed by atoms with Gasteiger partial charge in [-0.1, -0.05) is 58.8 Å². The molecule has 0 saturated heterocycles. The molecule has 0 amide bonds. The van der Waals surface area contributed by atoms with Crippen molar-refractivity contribution in [2.75, 3.05) is 20.0 Å². The fraction of sp³-hybridized carbons (Fsp3) is 1.00. The normalized spacial score (nSPS) is 12.4. The summed E-state index contributed by atoms with van der Waals surface area (Å²) in [5.74, 6) is 0. The van der Waals surface area contributed by atoms with Crippen LogP contribution in [0.15, 0.2) is 0 Å². The minimum absolute atomic E-state index is 0.00234. The second kappa shape index (κ2) is 17.2. The lowest BCUT2D eigenvalue weighted by atomic mass is 10.1. The highest BCUT2D eigenvalue weighted by Gasteiger charge is 2.02. The number of hydrogen-bond acceptors (Lipinski definition) is 2. The van der Waals surface area contributed by atoms with Gasteiger partial charge in [0.05, 0.1) is 0 Å². The van der Waals surface area contributed by atoms with Gasteiger partial charge in [0.25, 0.3) is 0 Å². The van der Waals surface area contributed by atoms with E-state index in [4.69, 9.17) is 9.47 Å². The summed E-state index contributed by atoms with van der Waals surface area (Å²) < 4.78 is 11.8. The number of ether oxygens (including phenoxy) is 2. The van der Waals surface area contributed by atoms with Gasteiger partial charge >= 0.3 is 18.2 Å². The Morgan fingerprint density at radius 3 is 2.11 bits per heavy atom. The Labute approximate surface area is 136 Å². The van der Waals surface area contributed by atoms with Crippen molar-refractivity contribution < 1.29 is 9.47 Å². The van der Waals surface area contributed by atoms with Crippen LogP contribution in [0.2, 0.25) is 4.05 Å². The molecule has 0 rings (SSSR count). The van der Waals surface area contributed by atoms with Crippen molar-refractivity contribution in [1.29, 1.82) is 0 Å². The number of hydrogen-bond donors (Lipinski definition) is 0. The summed E-state index contributed by atoms with van der Waals surface area (Å²) in [6.45, 7) is 6.77. The molecule has 0 aromatic heterocycles. The Morgan fingerprint density at radius 2 is 1.47 bits per heavy atom. The predicted molar refractivity (Wildman–Crippen MR) is 88.1 cm³/mol. The molecule has 2 nitrogen and oxygen atoms in total. The minimum atomic E-state index is 0.00234. The van der Waals surface area contributed by atoms with E-state index >= 15 is 0 Å². The van der Waals surface area contributed by atoms with Crippen LogP contribution in [-0.4, -0.2) is 38.2 Å². The van der Waals surface area contributed by atoms with Crippen LogP contribution in [0.5, 0.6) is 0 Å². The molecule has 1 atom stereocenters. The van der Waals surface area contributed by atoms with Crippen LogP contribution in [0.4, 0.5) is 0 Å². The van der Waals surface area contributed by atoms with Crippen molar-refractivity contribution in [2.24, 2.45) is 0 Å². The summed E-state index contributed by atoms with van der Waals surface area (Å²) in [4.78, 5) is 0. The summed E-state index contributed by atoms with van der Waals surface area (Å²) in [6, 6.07) is 0. The number of rotatable bonds is 15. The zero-order valence-corrected chi connectivity index (χ0v) is 16.0. The Hall–Kier alpha value is 1.17. The maximum absolute atomic E-state index is 5.47. The van der Waals surface area contributed by atoms with Crippen molar-refractivity contribution in [1.82, 2.24) is 0 Å². The highest BCUT2D eigenvalue weighted by atomic mass is 79.9. The van der Waals surface area contributed by atoms with Gasteiger partial charge in [0.1, 0.15) is 6.79 Å². The van der Waals surface area contributed by atoms with Crippen molar-refractivity contribution in [3.63, 3.8) is 0 Å². The lowest BCUT2D eigenvalue weighted by molar-refractivity contribution is -0.0555. The van der Waals surface area contributed by atoms with Gasteiger partial charge in [-0.3, -0.25) is 0 Å². The minimum Gasteiger partial charge on any atom is -0.355 e. The average molecular weight is 348 g/mol. The van der Waals surface area contributed by atoms with Gasteiger partial charge in [0.2, 0.25) is 0 Å². The Kier molecular flexibility index (Phi) is 18.3. The van der Waals surface area contributed by atoms with Crippen LogP contribution in [0.1, 0.15) is 71.6 Å². The standard InChI is InChI=1S/C15H31O2.BrH.Mg/c1-3-5-7-8-9-10-12-14-17-15-16-13-11-6-4-2;;/h4H,3,5-15H2,1-2H3;1H;/q;;+1/p-1. The molecule has 0 spiro atoms. The van der Waals surface area contributed by atoms with E-state index in [9.17, 15) is 0 Å². The van der Waals surface area contributed by atoms with Crippen LogP contribution in [-0.2, 0) is 9.47 Å². The molecule has 19 heavy (non-hydrogen) atoms. The van der Waals surface area contributed by atoms with Crippen LogP contribution in [0, 0.1) is 0 Å².